The Kier molecular flexibility index (Phi) is 6.53. The summed E-state index contributed by atoms with van der Waals surface area (Å²) in [6.45, 7) is 5.63. The highest BCUT2D eigenvalue weighted by Gasteiger charge is 2.35. The standard InChI is InChI=1S/C25H29N3O4/c1-3-5-17-6-9-22-19(14-17)7-8-20-15-21(28(30)31)16-26-24(20)23(22)18-10-12-27(13-11-18)25(29)32-4-2/h6-9,14-16,18,23H,3-5,10-13H2,1-2H3. The minimum Gasteiger partial charge on any atom is -0.450 e. The van der Waals surface area contributed by atoms with E-state index in [4.69, 9.17) is 4.74 Å². The third kappa shape index (κ3) is 4.38. The molecular formula is C25H29N3O4. The molecule has 1 aromatic heterocycles. The summed E-state index contributed by atoms with van der Waals surface area (Å²) in [7, 11) is 0. The SMILES string of the molecule is CCCc1ccc2c(c1)C=Cc1cc([N+](=O)[O-])cnc1C2C1CCN(C(=O)OCC)CC1. The summed E-state index contributed by atoms with van der Waals surface area (Å²) in [4.78, 5) is 29.5. The van der Waals surface area contributed by atoms with Gasteiger partial charge in [-0.15, -0.1) is 0 Å². The molecule has 2 aromatic rings. The van der Waals surface area contributed by atoms with E-state index >= 15 is 0 Å². The average molecular weight is 436 g/mol. The van der Waals surface area contributed by atoms with Gasteiger partial charge >= 0.3 is 6.09 Å². The van der Waals surface area contributed by atoms with Crippen molar-refractivity contribution in [2.75, 3.05) is 19.7 Å². The second kappa shape index (κ2) is 9.51. The molecule has 1 unspecified atom stereocenters. The third-order valence-corrected chi connectivity index (χ3v) is 6.44. The number of hydrogen-bond donors (Lipinski definition) is 0. The second-order valence-electron chi connectivity index (χ2n) is 8.47. The van der Waals surface area contributed by atoms with Crippen LogP contribution >= 0.6 is 0 Å². The van der Waals surface area contributed by atoms with Crippen LogP contribution in [0.15, 0.2) is 30.5 Å². The minimum absolute atomic E-state index is 0.00177. The van der Waals surface area contributed by atoms with E-state index in [9.17, 15) is 14.9 Å². The van der Waals surface area contributed by atoms with E-state index in [1.807, 2.05) is 13.0 Å². The number of piperidine rings is 1. The maximum atomic E-state index is 12.2. The van der Waals surface area contributed by atoms with Crippen LogP contribution in [0.3, 0.4) is 0 Å². The summed E-state index contributed by atoms with van der Waals surface area (Å²) in [5.74, 6) is 0.305. The molecule has 1 aliphatic heterocycles. The fourth-order valence-electron chi connectivity index (χ4n) is 4.90. The number of rotatable bonds is 5. The van der Waals surface area contributed by atoms with Gasteiger partial charge in [0.1, 0.15) is 6.20 Å². The van der Waals surface area contributed by atoms with Gasteiger partial charge in [0.15, 0.2) is 0 Å². The first-order valence-corrected chi connectivity index (χ1v) is 11.4. The molecule has 1 atom stereocenters. The highest BCUT2D eigenvalue weighted by atomic mass is 16.6. The maximum Gasteiger partial charge on any atom is 0.409 e. The molecule has 1 aliphatic carbocycles. The van der Waals surface area contributed by atoms with Gasteiger partial charge in [0, 0.05) is 30.6 Å². The molecule has 7 heteroatoms. The predicted molar refractivity (Wildman–Crippen MR) is 123 cm³/mol. The molecule has 0 saturated carbocycles. The lowest BCUT2D eigenvalue weighted by atomic mass is 9.76. The van der Waals surface area contributed by atoms with Crippen molar-refractivity contribution >= 4 is 23.9 Å². The lowest BCUT2D eigenvalue weighted by Crippen LogP contribution is -2.40. The number of pyridine rings is 1. The van der Waals surface area contributed by atoms with Crippen molar-refractivity contribution < 1.29 is 14.5 Å². The minimum atomic E-state index is -0.397. The molecule has 7 nitrogen and oxygen atoms in total. The van der Waals surface area contributed by atoms with E-state index in [0.717, 1.165) is 42.5 Å². The van der Waals surface area contributed by atoms with Crippen molar-refractivity contribution in [2.45, 2.75) is 45.4 Å². The number of fused-ring (bicyclic) bond motifs is 2. The fraction of sp³-hybridized carbons (Fsp3) is 0.440. The summed E-state index contributed by atoms with van der Waals surface area (Å²) in [5.41, 5.74) is 5.32. The molecule has 0 N–H and O–H groups in total. The van der Waals surface area contributed by atoms with Gasteiger partial charge in [-0.1, -0.05) is 43.7 Å². The summed E-state index contributed by atoms with van der Waals surface area (Å²) in [5, 5.41) is 11.3. The van der Waals surface area contributed by atoms with Crippen LogP contribution in [0.2, 0.25) is 0 Å². The van der Waals surface area contributed by atoms with Crippen LogP contribution in [0.4, 0.5) is 10.5 Å². The van der Waals surface area contributed by atoms with Crippen molar-refractivity contribution in [1.82, 2.24) is 9.88 Å². The molecule has 1 saturated heterocycles. The average Bonchev–Trinajstić information content (AvgIpc) is 2.95. The number of likely N-dealkylation sites (tertiary alicyclic amines) is 1. The van der Waals surface area contributed by atoms with E-state index in [1.54, 1.807) is 11.0 Å². The van der Waals surface area contributed by atoms with Crippen molar-refractivity contribution in [2.24, 2.45) is 5.92 Å². The van der Waals surface area contributed by atoms with Crippen LogP contribution < -0.4 is 0 Å². The molecule has 0 radical (unpaired) electrons. The molecule has 1 aromatic carbocycles. The first kappa shape index (κ1) is 22.0. The van der Waals surface area contributed by atoms with E-state index in [-0.39, 0.29) is 23.6 Å². The molecule has 2 aliphatic rings. The Bertz CT molecular complexity index is 1040. The summed E-state index contributed by atoms with van der Waals surface area (Å²) < 4.78 is 5.17. The molecule has 0 bridgehead atoms. The smallest absolute Gasteiger partial charge is 0.409 e. The first-order chi connectivity index (χ1) is 15.5. The van der Waals surface area contributed by atoms with Gasteiger partial charge in [-0.3, -0.25) is 15.1 Å². The van der Waals surface area contributed by atoms with Gasteiger partial charge in [0.2, 0.25) is 0 Å². The molecule has 0 spiro atoms. The molecular weight excluding hydrogens is 406 g/mol. The van der Waals surface area contributed by atoms with Gasteiger partial charge in [-0.05, 0) is 48.8 Å². The normalized spacial score (nSPS) is 17.9. The summed E-state index contributed by atoms with van der Waals surface area (Å²) in [6.07, 6.45) is 8.88. The number of nitrogens with zero attached hydrogens (tertiary/aromatic N) is 3. The van der Waals surface area contributed by atoms with Crippen LogP contribution in [-0.2, 0) is 11.2 Å². The van der Waals surface area contributed by atoms with Crippen LogP contribution in [0.5, 0.6) is 0 Å². The van der Waals surface area contributed by atoms with Crippen LogP contribution in [0, 0.1) is 16.0 Å². The maximum absolute atomic E-state index is 12.2. The Balaban J connectivity index is 1.71. The van der Waals surface area contributed by atoms with Crippen molar-refractivity contribution in [3.63, 3.8) is 0 Å². The van der Waals surface area contributed by atoms with Crippen molar-refractivity contribution in [3.8, 4) is 0 Å². The number of carbonyl (C=O) groups is 1. The number of benzene rings is 1. The highest BCUT2D eigenvalue weighted by molar-refractivity contribution is 5.77. The van der Waals surface area contributed by atoms with Gasteiger partial charge in [-0.25, -0.2) is 4.79 Å². The fourth-order valence-corrected chi connectivity index (χ4v) is 4.90. The van der Waals surface area contributed by atoms with E-state index < -0.39 is 4.92 Å². The summed E-state index contributed by atoms with van der Waals surface area (Å²) >= 11 is 0. The van der Waals surface area contributed by atoms with Gasteiger partial charge in [-0.2, -0.15) is 0 Å². The number of aromatic nitrogens is 1. The Morgan fingerprint density at radius 1 is 1.19 bits per heavy atom. The first-order valence-electron chi connectivity index (χ1n) is 11.4. The lowest BCUT2D eigenvalue weighted by Gasteiger charge is -2.36. The number of nitro groups is 1. The number of carbonyl (C=O) groups excluding carboxylic acids is 1. The number of hydrogen-bond acceptors (Lipinski definition) is 5. The Labute approximate surface area is 188 Å². The zero-order chi connectivity index (χ0) is 22.7. The molecule has 1 fully saturated rings. The molecule has 168 valence electrons. The number of amides is 1. The molecule has 32 heavy (non-hydrogen) atoms. The molecule has 1 amide bonds. The van der Waals surface area contributed by atoms with Gasteiger partial charge in [0.25, 0.3) is 5.69 Å². The Morgan fingerprint density at radius 2 is 1.94 bits per heavy atom. The van der Waals surface area contributed by atoms with E-state index in [0.29, 0.717) is 19.7 Å². The van der Waals surface area contributed by atoms with E-state index in [2.05, 4.69) is 36.2 Å². The lowest BCUT2D eigenvalue weighted by molar-refractivity contribution is -0.385. The molecule has 2 heterocycles. The quantitative estimate of drug-likeness (QED) is 0.462. The van der Waals surface area contributed by atoms with E-state index in [1.165, 1.54) is 17.3 Å². The van der Waals surface area contributed by atoms with Gasteiger partial charge < -0.3 is 9.64 Å². The highest BCUT2D eigenvalue weighted by Crippen LogP contribution is 2.43. The third-order valence-electron chi connectivity index (χ3n) is 6.44. The Morgan fingerprint density at radius 3 is 2.62 bits per heavy atom. The van der Waals surface area contributed by atoms with Crippen LogP contribution in [0.25, 0.3) is 12.2 Å². The van der Waals surface area contributed by atoms with Crippen LogP contribution in [0.1, 0.15) is 67.0 Å². The van der Waals surface area contributed by atoms with Crippen LogP contribution in [-0.4, -0.2) is 40.6 Å². The van der Waals surface area contributed by atoms with Crippen molar-refractivity contribution in [3.05, 3.63) is 68.5 Å². The van der Waals surface area contributed by atoms with Crippen molar-refractivity contribution in [1.29, 1.82) is 0 Å². The number of aryl methyl sites for hydroxylation is 1. The predicted octanol–water partition coefficient (Wildman–Crippen LogP) is 5.43. The Hall–Kier alpha value is -3.22. The molecule has 4 rings (SSSR count). The second-order valence-corrected chi connectivity index (χ2v) is 8.47. The largest absolute Gasteiger partial charge is 0.450 e. The summed E-state index contributed by atoms with van der Waals surface area (Å²) in [6, 6.07) is 8.24. The zero-order valence-electron chi connectivity index (χ0n) is 18.6. The zero-order valence-corrected chi connectivity index (χ0v) is 18.6. The topological polar surface area (TPSA) is 85.6 Å². The van der Waals surface area contributed by atoms with Gasteiger partial charge in [0.05, 0.1) is 17.2 Å². The monoisotopic (exact) mass is 435 g/mol. The number of ether oxygens (including phenoxy) is 1.